The lowest BCUT2D eigenvalue weighted by molar-refractivity contribution is -0.0597. The lowest BCUT2D eigenvalue weighted by Gasteiger charge is -2.40. The molecule has 1 saturated heterocycles. The van der Waals surface area contributed by atoms with E-state index in [0.717, 1.165) is 44.7 Å². The van der Waals surface area contributed by atoms with Gasteiger partial charge in [0.15, 0.2) is 0 Å². The predicted octanol–water partition coefficient (Wildman–Crippen LogP) is 2.52. The molecular formula is C18H29N3O. The van der Waals surface area contributed by atoms with Gasteiger partial charge in [-0.2, -0.15) is 0 Å². The van der Waals surface area contributed by atoms with Gasteiger partial charge in [0.05, 0.1) is 5.60 Å². The van der Waals surface area contributed by atoms with Crippen molar-refractivity contribution >= 4 is 5.82 Å². The van der Waals surface area contributed by atoms with Crippen molar-refractivity contribution < 1.29 is 5.11 Å². The Hall–Kier alpha value is -1.13. The number of aliphatic hydroxyl groups is 1. The maximum absolute atomic E-state index is 10.9. The van der Waals surface area contributed by atoms with Crippen molar-refractivity contribution in [3.05, 3.63) is 23.9 Å². The second kappa shape index (κ2) is 6.17. The van der Waals surface area contributed by atoms with E-state index in [1.165, 1.54) is 12.0 Å². The predicted molar refractivity (Wildman–Crippen MR) is 89.9 cm³/mol. The summed E-state index contributed by atoms with van der Waals surface area (Å²) in [5.41, 5.74) is 0.790. The summed E-state index contributed by atoms with van der Waals surface area (Å²) < 4.78 is 0. The van der Waals surface area contributed by atoms with Crippen molar-refractivity contribution in [3.63, 3.8) is 0 Å². The first-order chi connectivity index (χ1) is 10.5. The minimum absolute atomic E-state index is 0.412. The monoisotopic (exact) mass is 303 g/mol. The molecule has 1 aliphatic heterocycles. The highest BCUT2D eigenvalue weighted by molar-refractivity contribution is 5.41. The van der Waals surface area contributed by atoms with Gasteiger partial charge in [0, 0.05) is 31.7 Å². The zero-order chi connectivity index (χ0) is 15.7. The van der Waals surface area contributed by atoms with E-state index in [9.17, 15) is 5.11 Å². The zero-order valence-electron chi connectivity index (χ0n) is 14.1. The van der Waals surface area contributed by atoms with Crippen LogP contribution in [-0.2, 0) is 6.54 Å². The van der Waals surface area contributed by atoms with E-state index in [2.05, 4.69) is 47.9 Å². The van der Waals surface area contributed by atoms with Crippen LogP contribution in [0.1, 0.15) is 38.2 Å². The van der Waals surface area contributed by atoms with Crippen LogP contribution < -0.4 is 4.90 Å². The molecule has 1 saturated carbocycles. The summed E-state index contributed by atoms with van der Waals surface area (Å²) in [4.78, 5) is 9.19. The van der Waals surface area contributed by atoms with Gasteiger partial charge in [0.2, 0.25) is 0 Å². The summed E-state index contributed by atoms with van der Waals surface area (Å²) in [6.07, 6.45) is 6.24. The Morgan fingerprint density at radius 3 is 2.82 bits per heavy atom. The third kappa shape index (κ3) is 2.99. The van der Waals surface area contributed by atoms with E-state index in [1.807, 2.05) is 6.20 Å². The molecule has 4 heteroatoms. The lowest BCUT2D eigenvalue weighted by atomic mass is 9.69. The van der Waals surface area contributed by atoms with Gasteiger partial charge in [-0.3, -0.25) is 0 Å². The summed E-state index contributed by atoms with van der Waals surface area (Å²) >= 11 is 0. The Morgan fingerprint density at radius 2 is 2.18 bits per heavy atom. The van der Waals surface area contributed by atoms with Crippen molar-refractivity contribution in [2.75, 3.05) is 32.1 Å². The largest absolute Gasteiger partial charge is 0.390 e. The molecule has 0 aromatic carbocycles. The molecule has 0 unspecified atom stereocenters. The van der Waals surface area contributed by atoms with E-state index in [0.29, 0.717) is 11.8 Å². The fourth-order valence-corrected chi connectivity index (χ4v) is 4.32. The van der Waals surface area contributed by atoms with E-state index in [4.69, 9.17) is 0 Å². The number of aromatic nitrogens is 1. The summed E-state index contributed by atoms with van der Waals surface area (Å²) in [6, 6.07) is 4.32. The van der Waals surface area contributed by atoms with Crippen molar-refractivity contribution in [3.8, 4) is 0 Å². The highest BCUT2D eigenvalue weighted by atomic mass is 16.3. The number of pyridine rings is 1. The smallest absolute Gasteiger partial charge is 0.128 e. The Kier molecular flexibility index (Phi) is 4.42. The zero-order valence-corrected chi connectivity index (χ0v) is 14.1. The fraction of sp³-hybridized carbons (Fsp3) is 0.722. The number of nitrogens with zero attached hydrogens (tertiary/aromatic N) is 3. The average molecular weight is 303 g/mol. The van der Waals surface area contributed by atoms with E-state index < -0.39 is 5.60 Å². The number of anilines is 1. The van der Waals surface area contributed by atoms with Crippen LogP contribution in [0.2, 0.25) is 0 Å². The molecule has 2 fully saturated rings. The summed E-state index contributed by atoms with van der Waals surface area (Å²) in [5.74, 6) is 2.10. The van der Waals surface area contributed by atoms with Gasteiger partial charge in [-0.1, -0.05) is 19.4 Å². The average Bonchev–Trinajstić information content (AvgIpc) is 2.93. The molecule has 4 nitrogen and oxygen atoms in total. The molecular weight excluding hydrogens is 274 g/mol. The van der Waals surface area contributed by atoms with Gasteiger partial charge < -0.3 is 14.9 Å². The third-order valence-corrected chi connectivity index (χ3v) is 5.56. The normalized spacial score (nSPS) is 31.6. The summed E-state index contributed by atoms with van der Waals surface area (Å²) in [5, 5.41) is 10.9. The molecule has 3 atom stereocenters. The van der Waals surface area contributed by atoms with Crippen LogP contribution >= 0.6 is 0 Å². The lowest BCUT2D eigenvalue weighted by Crippen LogP contribution is -2.44. The standard InChI is InChI=1S/C18H29N3O/c1-4-18(22)9-5-6-15-12-21(13-16(15)18)17-8-7-14(10-19-17)11-20(2)3/h7-8,10,15-16,22H,4-6,9,11-13H2,1-3H3/t15-,16+,18-/m1/s1. The first kappa shape index (κ1) is 15.8. The molecule has 2 heterocycles. The Bertz CT molecular complexity index is 502. The fourth-order valence-electron chi connectivity index (χ4n) is 4.32. The van der Waals surface area contributed by atoms with Gasteiger partial charge in [-0.15, -0.1) is 0 Å². The van der Waals surface area contributed by atoms with Crippen LogP contribution in [0.25, 0.3) is 0 Å². The molecule has 1 aromatic rings. The second-order valence-electron chi connectivity index (χ2n) is 7.38. The van der Waals surface area contributed by atoms with Gasteiger partial charge >= 0.3 is 0 Å². The quantitative estimate of drug-likeness (QED) is 0.928. The Morgan fingerprint density at radius 1 is 1.36 bits per heavy atom. The maximum Gasteiger partial charge on any atom is 0.128 e. The summed E-state index contributed by atoms with van der Waals surface area (Å²) in [7, 11) is 4.15. The molecule has 1 N–H and O–H groups in total. The molecule has 22 heavy (non-hydrogen) atoms. The van der Waals surface area contributed by atoms with Crippen LogP contribution in [0.5, 0.6) is 0 Å². The Balaban J connectivity index is 1.72. The van der Waals surface area contributed by atoms with Crippen LogP contribution in [0, 0.1) is 11.8 Å². The van der Waals surface area contributed by atoms with Gasteiger partial charge in [-0.25, -0.2) is 4.98 Å². The summed E-state index contributed by atoms with van der Waals surface area (Å²) in [6.45, 7) is 5.05. The van der Waals surface area contributed by atoms with E-state index >= 15 is 0 Å². The number of hydrogen-bond donors (Lipinski definition) is 1. The number of fused-ring (bicyclic) bond motifs is 1. The Labute approximate surface area is 134 Å². The van der Waals surface area contributed by atoms with Crippen molar-refractivity contribution in [2.24, 2.45) is 11.8 Å². The molecule has 122 valence electrons. The van der Waals surface area contributed by atoms with Crippen LogP contribution in [0.15, 0.2) is 18.3 Å². The minimum atomic E-state index is -0.456. The minimum Gasteiger partial charge on any atom is -0.390 e. The topological polar surface area (TPSA) is 39.6 Å². The van der Waals surface area contributed by atoms with Crippen LogP contribution in [0.3, 0.4) is 0 Å². The molecule has 0 amide bonds. The highest BCUT2D eigenvalue weighted by Crippen LogP contribution is 2.45. The van der Waals surface area contributed by atoms with Gasteiger partial charge in [0.25, 0.3) is 0 Å². The molecule has 0 bridgehead atoms. The molecule has 2 aliphatic rings. The van der Waals surface area contributed by atoms with Crippen LogP contribution in [-0.4, -0.2) is 47.8 Å². The van der Waals surface area contributed by atoms with Crippen LogP contribution in [0.4, 0.5) is 5.82 Å². The SMILES string of the molecule is CC[C@@]1(O)CCC[C@@H]2CN(c3ccc(CN(C)C)cn3)C[C@@H]21. The maximum atomic E-state index is 10.9. The van der Waals surface area contributed by atoms with E-state index in [1.54, 1.807) is 0 Å². The second-order valence-corrected chi connectivity index (χ2v) is 7.38. The molecule has 0 spiro atoms. The molecule has 3 rings (SSSR count). The van der Waals surface area contributed by atoms with Crippen molar-refractivity contribution in [1.29, 1.82) is 0 Å². The first-order valence-electron chi connectivity index (χ1n) is 8.59. The van der Waals surface area contributed by atoms with Crippen molar-refractivity contribution in [2.45, 2.75) is 44.8 Å². The molecule has 1 aliphatic carbocycles. The molecule has 0 radical (unpaired) electrons. The van der Waals surface area contributed by atoms with Gasteiger partial charge in [-0.05, 0) is 50.9 Å². The van der Waals surface area contributed by atoms with Gasteiger partial charge in [0.1, 0.15) is 5.82 Å². The number of hydrogen-bond acceptors (Lipinski definition) is 4. The number of rotatable bonds is 4. The molecule has 1 aromatic heterocycles. The third-order valence-electron chi connectivity index (χ3n) is 5.56. The highest BCUT2D eigenvalue weighted by Gasteiger charge is 2.47. The van der Waals surface area contributed by atoms with Crippen molar-refractivity contribution in [1.82, 2.24) is 9.88 Å². The first-order valence-corrected chi connectivity index (χ1v) is 8.59. The van der Waals surface area contributed by atoms with E-state index in [-0.39, 0.29) is 0 Å².